The van der Waals surface area contributed by atoms with E-state index in [0.29, 0.717) is 51.9 Å². The van der Waals surface area contributed by atoms with Gasteiger partial charge in [0.2, 0.25) is 6.23 Å². The van der Waals surface area contributed by atoms with Crippen molar-refractivity contribution in [1.29, 1.82) is 0 Å². The standard InChI is InChI=1S/C58H62N2O10/c1-11-13-14-20-35-33(27-25-31(3)4)29-38-48(61)52(63)57(7,8)69-50(38)44(35)47(59-40-23-17-15-21-36(40)55(65)66)45-42(19-12-2)60-41-24-18-16-22-37(41)56(67)68-54(60)46-43(45)34(28-26-32(5)6)30-39-49(62)53(64)58(9,10)70-51(39)46/h11-26,29-30,42,45,47,52-54,59,63-64H,27-28H2,1-10H3,(H,65,66)/b13-11+,19-12+,20-14+/t42-,45+,47-,52+,53+,54-/m0/s1. The molecule has 70 heavy (non-hydrogen) atoms. The summed E-state index contributed by atoms with van der Waals surface area (Å²) < 4.78 is 20.3. The first-order valence-corrected chi connectivity index (χ1v) is 23.8. The summed E-state index contributed by atoms with van der Waals surface area (Å²) in [5.41, 5.74) is 4.21. The van der Waals surface area contributed by atoms with Crippen molar-refractivity contribution in [2.24, 2.45) is 0 Å². The molecule has 0 saturated heterocycles. The summed E-state index contributed by atoms with van der Waals surface area (Å²) in [5.74, 6) is -3.32. The third-order valence-electron chi connectivity index (χ3n) is 13.7. The van der Waals surface area contributed by atoms with Crippen LogP contribution in [-0.2, 0) is 17.6 Å². The minimum atomic E-state index is -1.52. The Balaban J connectivity index is 1.63. The van der Waals surface area contributed by atoms with Crippen molar-refractivity contribution in [2.75, 3.05) is 10.2 Å². The average molecular weight is 947 g/mol. The van der Waals surface area contributed by atoms with Gasteiger partial charge in [0, 0.05) is 17.2 Å². The largest absolute Gasteiger partial charge is 0.483 e. The van der Waals surface area contributed by atoms with Crippen molar-refractivity contribution < 1.29 is 48.7 Å². The molecule has 4 heterocycles. The lowest BCUT2D eigenvalue weighted by atomic mass is 9.69. The van der Waals surface area contributed by atoms with Gasteiger partial charge in [-0.3, -0.25) is 9.59 Å². The number of rotatable bonds is 12. The van der Waals surface area contributed by atoms with E-state index in [1.165, 1.54) is 6.07 Å². The van der Waals surface area contributed by atoms with E-state index in [9.17, 15) is 34.5 Å². The Hall–Kier alpha value is -7.02. The Morgan fingerprint density at radius 3 is 1.97 bits per heavy atom. The molecule has 4 N–H and O–H groups in total. The molecule has 4 aliphatic heterocycles. The van der Waals surface area contributed by atoms with Crippen LogP contribution in [-0.4, -0.2) is 68.3 Å². The highest BCUT2D eigenvalue weighted by Gasteiger charge is 2.55. The first-order valence-electron chi connectivity index (χ1n) is 23.8. The zero-order chi connectivity index (χ0) is 50.6. The minimum Gasteiger partial charge on any atom is -0.483 e. The first kappa shape index (κ1) is 49.4. The number of nitrogens with one attached hydrogen (secondary N) is 1. The average Bonchev–Trinajstić information content (AvgIpc) is 3.31. The quantitative estimate of drug-likeness (QED) is 0.0603. The molecule has 8 rings (SSSR count). The Kier molecular flexibility index (Phi) is 13.4. The molecule has 0 bridgehead atoms. The third kappa shape index (κ3) is 8.68. The van der Waals surface area contributed by atoms with Gasteiger partial charge >= 0.3 is 11.9 Å². The summed E-state index contributed by atoms with van der Waals surface area (Å²) in [6, 6.07) is 15.6. The molecule has 12 nitrogen and oxygen atoms in total. The number of carboxylic acid groups (broad SMARTS) is 1. The summed E-state index contributed by atoms with van der Waals surface area (Å²) in [7, 11) is 0. The second-order valence-corrected chi connectivity index (χ2v) is 20.0. The number of esters is 1. The Morgan fingerprint density at radius 1 is 0.757 bits per heavy atom. The topological polar surface area (TPSA) is 172 Å². The number of anilines is 2. The number of carbonyl (C=O) groups excluding carboxylic acids is 3. The number of aromatic carboxylic acids is 1. The summed E-state index contributed by atoms with van der Waals surface area (Å²) in [6.45, 7) is 18.3. The van der Waals surface area contributed by atoms with Crippen LogP contribution in [0.5, 0.6) is 11.5 Å². The van der Waals surface area contributed by atoms with Gasteiger partial charge < -0.3 is 39.7 Å². The second kappa shape index (κ2) is 19.1. The highest BCUT2D eigenvalue weighted by molar-refractivity contribution is 6.06. The van der Waals surface area contributed by atoms with Crippen LogP contribution in [0.25, 0.3) is 6.08 Å². The van der Waals surface area contributed by atoms with E-state index >= 15 is 0 Å². The summed E-state index contributed by atoms with van der Waals surface area (Å²) in [5, 5.41) is 37.7. The fourth-order valence-corrected chi connectivity index (χ4v) is 10.2. The normalized spacial score (nSPS) is 22.2. The minimum absolute atomic E-state index is 0.0190. The molecule has 0 aromatic heterocycles. The summed E-state index contributed by atoms with van der Waals surface area (Å²) in [4.78, 5) is 58.9. The Morgan fingerprint density at radius 2 is 1.34 bits per heavy atom. The van der Waals surface area contributed by atoms with Crippen molar-refractivity contribution in [3.63, 3.8) is 0 Å². The number of carboxylic acids is 1. The molecule has 0 aliphatic carbocycles. The molecule has 0 amide bonds. The van der Waals surface area contributed by atoms with E-state index in [4.69, 9.17) is 14.2 Å². The lowest BCUT2D eigenvalue weighted by molar-refractivity contribution is -0.0282. The third-order valence-corrected chi connectivity index (χ3v) is 13.7. The van der Waals surface area contributed by atoms with Gasteiger partial charge in [0.05, 0.1) is 45.6 Å². The van der Waals surface area contributed by atoms with Gasteiger partial charge in [-0.15, -0.1) is 0 Å². The fourth-order valence-electron chi connectivity index (χ4n) is 10.2. The fraction of sp³-hybridized carbons (Fsp3) is 0.345. The Labute approximate surface area is 409 Å². The van der Waals surface area contributed by atoms with Gasteiger partial charge in [0.15, 0.2) is 23.8 Å². The number of nitrogens with zero attached hydrogens (tertiary/aromatic N) is 1. The summed E-state index contributed by atoms with van der Waals surface area (Å²) in [6.07, 6.45) is 12.2. The second-order valence-electron chi connectivity index (χ2n) is 20.0. The Bertz CT molecular complexity index is 2960. The van der Waals surface area contributed by atoms with E-state index in [1.807, 2.05) is 101 Å². The van der Waals surface area contributed by atoms with Gasteiger partial charge in [0.1, 0.15) is 22.7 Å². The van der Waals surface area contributed by atoms with E-state index < -0.39 is 71.1 Å². The van der Waals surface area contributed by atoms with E-state index in [2.05, 4.69) is 11.4 Å². The predicted molar refractivity (Wildman–Crippen MR) is 271 cm³/mol. The number of hydrogen-bond donors (Lipinski definition) is 4. The lowest BCUT2D eigenvalue weighted by Crippen LogP contribution is -2.55. The van der Waals surface area contributed by atoms with Crippen molar-refractivity contribution in [2.45, 2.75) is 130 Å². The number of Topliss-reactive ketones (excluding diaryl/α,β-unsaturated/α-hetero) is 2. The molecule has 364 valence electrons. The smallest absolute Gasteiger partial charge is 0.342 e. The number of carbonyl (C=O) groups is 4. The maximum absolute atomic E-state index is 14.7. The number of para-hydroxylation sites is 2. The molecule has 0 saturated carbocycles. The first-order chi connectivity index (χ1) is 33.2. The maximum atomic E-state index is 14.7. The molecular weight excluding hydrogens is 885 g/mol. The van der Waals surface area contributed by atoms with Crippen molar-refractivity contribution >= 4 is 41.0 Å². The van der Waals surface area contributed by atoms with Crippen molar-refractivity contribution in [1.82, 2.24) is 0 Å². The summed E-state index contributed by atoms with van der Waals surface area (Å²) >= 11 is 0. The van der Waals surface area contributed by atoms with Crippen molar-refractivity contribution in [3.8, 4) is 11.5 Å². The number of hydrogen-bond acceptors (Lipinski definition) is 11. The van der Waals surface area contributed by atoms with Crippen LogP contribution in [0.4, 0.5) is 11.4 Å². The number of aliphatic hydroxyl groups excluding tert-OH is 2. The molecule has 0 radical (unpaired) electrons. The molecule has 0 fully saturated rings. The van der Waals surface area contributed by atoms with Crippen molar-refractivity contribution in [3.05, 3.63) is 170 Å². The van der Waals surface area contributed by atoms with Crippen LogP contribution in [0.15, 0.2) is 114 Å². The van der Waals surface area contributed by atoms with Gasteiger partial charge in [-0.1, -0.05) is 84.0 Å². The highest BCUT2D eigenvalue weighted by Crippen LogP contribution is 2.59. The zero-order valence-corrected chi connectivity index (χ0v) is 41.4. The van der Waals surface area contributed by atoms with Gasteiger partial charge in [-0.05, 0) is 141 Å². The van der Waals surface area contributed by atoms with Gasteiger partial charge in [-0.2, -0.15) is 0 Å². The van der Waals surface area contributed by atoms with E-state index in [1.54, 1.807) is 70.2 Å². The van der Waals surface area contributed by atoms with E-state index in [-0.39, 0.29) is 33.9 Å². The molecule has 12 heteroatoms. The van der Waals surface area contributed by atoms with Crippen LogP contribution in [0.1, 0.15) is 162 Å². The molecule has 0 spiro atoms. The van der Waals surface area contributed by atoms with E-state index in [0.717, 1.165) is 16.7 Å². The van der Waals surface area contributed by atoms with Crippen LogP contribution in [0.3, 0.4) is 0 Å². The van der Waals surface area contributed by atoms with Gasteiger partial charge in [0.25, 0.3) is 0 Å². The number of benzene rings is 4. The van der Waals surface area contributed by atoms with Crippen LogP contribution in [0.2, 0.25) is 0 Å². The lowest BCUT2D eigenvalue weighted by Gasteiger charge is -2.53. The number of aliphatic hydroxyl groups is 2. The number of ketones is 2. The zero-order valence-electron chi connectivity index (χ0n) is 41.4. The van der Waals surface area contributed by atoms with Crippen LogP contribution in [0, 0.1) is 0 Å². The van der Waals surface area contributed by atoms with Gasteiger partial charge in [-0.25, -0.2) is 9.59 Å². The molecular formula is C58H62N2O10. The highest BCUT2D eigenvalue weighted by atomic mass is 16.6. The molecule has 0 unspecified atom stereocenters. The number of fused-ring (bicyclic) bond motifs is 8. The predicted octanol–water partition coefficient (Wildman–Crippen LogP) is 11.0. The van der Waals surface area contributed by atoms with Crippen LogP contribution >= 0.6 is 0 Å². The number of allylic oxidation sites excluding steroid dienone is 8. The van der Waals surface area contributed by atoms with Crippen LogP contribution < -0.4 is 19.7 Å². The molecule has 4 aliphatic rings. The molecule has 4 aromatic rings. The monoisotopic (exact) mass is 946 g/mol. The number of ether oxygens (including phenoxy) is 3. The maximum Gasteiger partial charge on any atom is 0.342 e. The molecule has 6 atom stereocenters. The SMILES string of the molecule is C/C=C/C=C/c1c(CC=C(C)C)cc2c(c1[C@H](Nc1ccccc1C(=O)O)[C@H]1c3c(CC=C(C)C)cc4c(c3[C@@H]3OC(=O)c5ccccc5N3[C@H]1/C=C/C)OC(C)(C)[C@H](O)C4=O)OC(C)(C)[C@H](O)C2=O. The molecule has 4 aromatic carbocycles.